The molecule has 0 saturated heterocycles. The van der Waals surface area contributed by atoms with E-state index in [2.05, 4.69) is 0 Å². The van der Waals surface area contributed by atoms with Crippen LogP contribution >= 0.6 is 0 Å². The maximum absolute atomic E-state index is 12.8. The molecule has 21 heavy (non-hydrogen) atoms. The van der Waals surface area contributed by atoms with Gasteiger partial charge in [0.2, 0.25) is 0 Å². The number of rotatable bonds is 4. The number of hydrogen-bond acceptors (Lipinski definition) is 3. The first-order chi connectivity index (χ1) is 9.98. The van der Waals surface area contributed by atoms with Crippen LogP contribution in [0.15, 0.2) is 29.2 Å². The highest BCUT2D eigenvalue weighted by Crippen LogP contribution is 2.45. The van der Waals surface area contributed by atoms with Crippen molar-refractivity contribution in [2.45, 2.75) is 60.5 Å². The number of carboxylic acid groups (broad SMARTS) is 1. The third kappa shape index (κ3) is 2.18. The van der Waals surface area contributed by atoms with Gasteiger partial charge in [-0.1, -0.05) is 37.5 Å². The van der Waals surface area contributed by atoms with Gasteiger partial charge < -0.3 is 5.11 Å². The van der Waals surface area contributed by atoms with E-state index in [1.54, 1.807) is 24.3 Å². The van der Waals surface area contributed by atoms with Crippen molar-refractivity contribution in [3.63, 3.8) is 0 Å². The number of carbonyl (C=O) groups is 1. The fourth-order valence-corrected chi connectivity index (χ4v) is 5.70. The van der Waals surface area contributed by atoms with Crippen LogP contribution in [0.25, 0.3) is 0 Å². The predicted molar refractivity (Wildman–Crippen MR) is 79.0 cm³/mol. The minimum atomic E-state index is -3.41. The van der Waals surface area contributed by atoms with E-state index in [9.17, 15) is 18.3 Å². The van der Waals surface area contributed by atoms with Crippen molar-refractivity contribution in [2.75, 3.05) is 0 Å². The third-order valence-electron chi connectivity index (χ3n) is 5.07. The molecule has 5 heteroatoms. The van der Waals surface area contributed by atoms with Gasteiger partial charge in [-0.3, -0.25) is 4.79 Å². The maximum Gasteiger partial charge on any atom is 0.314 e. The molecule has 0 aromatic heterocycles. The Labute approximate surface area is 125 Å². The Morgan fingerprint density at radius 3 is 2.24 bits per heavy atom. The number of benzene rings is 1. The lowest BCUT2D eigenvalue weighted by Crippen LogP contribution is -2.36. The molecule has 114 valence electrons. The maximum atomic E-state index is 12.8. The van der Waals surface area contributed by atoms with Crippen LogP contribution in [0.4, 0.5) is 0 Å². The summed E-state index contributed by atoms with van der Waals surface area (Å²) in [5.41, 5.74) is -0.519. The second kappa shape index (κ2) is 5.13. The number of hydrogen-bond donors (Lipinski definition) is 1. The van der Waals surface area contributed by atoms with Gasteiger partial charge >= 0.3 is 5.97 Å². The summed E-state index contributed by atoms with van der Waals surface area (Å²) < 4.78 is 25.5. The zero-order chi connectivity index (χ0) is 15.1. The SMILES string of the molecule is O=C(O)C1(c2ccccc2S(=O)(=O)C2CCC2)CCCC1. The Morgan fingerprint density at radius 2 is 1.71 bits per heavy atom. The lowest BCUT2D eigenvalue weighted by Gasteiger charge is -2.30. The van der Waals surface area contributed by atoms with Crippen LogP contribution in [0.2, 0.25) is 0 Å². The summed E-state index contributed by atoms with van der Waals surface area (Å²) in [7, 11) is -3.41. The summed E-state index contributed by atoms with van der Waals surface area (Å²) in [6, 6.07) is 6.73. The zero-order valence-electron chi connectivity index (χ0n) is 11.9. The molecule has 4 nitrogen and oxygen atoms in total. The minimum absolute atomic E-state index is 0.249. The number of sulfone groups is 1. The van der Waals surface area contributed by atoms with Crippen LogP contribution in [-0.4, -0.2) is 24.7 Å². The second-order valence-electron chi connectivity index (χ2n) is 6.19. The Balaban J connectivity index is 2.14. The molecule has 2 aliphatic rings. The molecule has 2 fully saturated rings. The first kappa shape index (κ1) is 14.6. The van der Waals surface area contributed by atoms with E-state index in [0.29, 0.717) is 31.2 Å². The fraction of sp³-hybridized carbons (Fsp3) is 0.562. The molecular weight excluding hydrogens is 288 g/mol. The second-order valence-corrected chi connectivity index (χ2v) is 8.38. The van der Waals surface area contributed by atoms with Gasteiger partial charge in [-0.15, -0.1) is 0 Å². The summed E-state index contributed by atoms with van der Waals surface area (Å²) >= 11 is 0. The highest BCUT2D eigenvalue weighted by molar-refractivity contribution is 7.92. The van der Waals surface area contributed by atoms with Crippen molar-refractivity contribution >= 4 is 15.8 Å². The average molecular weight is 308 g/mol. The van der Waals surface area contributed by atoms with E-state index < -0.39 is 21.2 Å². The first-order valence-corrected chi connectivity index (χ1v) is 9.10. The molecule has 1 N–H and O–H groups in total. The monoisotopic (exact) mass is 308 g/mol. The van der Waals surface area contributed by atoms with Crippen molar-refractivity contribution < 1.29 is 18.3 Å². The third-order valence-corrected chi connectivity index (χ3v) is 7.38. The van der Waals surface area contributed by atoms with E-state index in [4.69, 9.17) is 0 Å². The lowest BCUT2D eigenvalue weighted by molar-refractivity contribution is -0.143. The van der Waals surface area contributed by atoms with Crippen LogP contribution < -0.4 is 0 Å². The van der Waals surface area contributed by atoms with Gasteiger partial charge in [0.05, 0.1) is 15.6 Å². The van der Waals surface area contributed by atoms with Gasteiger partial charge in [-0.05, 0) is 37.3 Å². The highest BCUT2D eigenvalue weighted by Gasteiger charge is 2.46. The van der Waals surface area contributed by atoms with Crippen molar-refractivity contribution in [1.29, 1.82) is 0 Å². The van der Waals surface area contributed by atoms with Crippen molar-refractivity contribution in [3.8, 4) is 0 Å². The van der Waals surface area contributed by atoms with Crippen LogP contribution in [0.5, 0.6) is 0 Å². The molecule has 2 saturated carbocycles. The molecule has 0 bridgehead atoms. The average Bonchev–Trinajstić information content (AvgIpc) is 2.86. The van der Waals surface area contributed by atoms with Crippen LogP contribution in [0.1, 0.15) is 50.5 Å². The van der Waals surface area contributed by atoms with Crippen LogP contribution in [-0.2, 0) is 20.0 Å². The summed E-state index contributed by atoms with van der Waals surface area (Å²) in [4.78, 5) is 12.1. The zero-order valence-corrected chi connectivity index (χ0v) is 12.7. The van der Waals surface area contributed by atoms with Crippen LogP contribution in [0, 0.1) is 0 Å². The lowest BCUT2D eigenvalue weighted by atomic mass is 9.79. The highest BCUT2D eigenvalue weighted by atomic mass is 32.2. The van der Waals surface area contributed by atoms with E-state index >= 15 is 0 Å². The standard InChI is InChI=1S/C16H20O4S/c17-15(18)16(10-3-4-11-16)13-8-1-2-9-14(13)21(19,20)12-6-5-7-12/h1-2,8-9,12H,3-7,10-11H2,(H,17,18). The molecule has 0 unspecified atom stereocenters. The van der Waals surface area contributed by atoms with Gasteiger partial charge in [0.25, 0.3) is 0 Å². The van der Waals surface area contributed by atoms with E-state index in [1.807, 2.05) is 0 Å². The Kier molecular flexibility index (Phi) is 3.56. The van der Waals surface area contributed by atoms with Crippen molar-refractivity contribution in [2.24, 2.45) is 0 Å². The summed E-state index contributed by atoms with van der Waals surface area (Å²) in [6.07, 6.45) is 5.05. The normalized spacial score (nSPS) is 21.9. The molecule has 0 heterocycles. The summed E-state index contributed by atoms with van der Waals surface area (Å²) in [5, 5.41) is 9.39. The predicted octanol–water partition coefficient (Wildman–Crippen LogP) is 2.91. The molecule has 3 rings (SSSR count). The topological polar surface area (TPSA) is 71.4 Å². The van der Waals surface area contributed by atoms with E-state index in [1.165, 1.54) is 0 Å². The summed E-state index contributed by atoms with van der Waals surface area (Å²) in [5.74, 6) is -0.892. The van der Waals surface area contributed by atoms with Gasteiger partial charge in [0.15, 0.2) is 9.84 Å². The Hall–Kier alpha value is -1.36. The number of carboxylic acids is 1. The van der Waals surface area contributed by atoms with Gasteiger partial charge in [-0.25, -0.2) is 8.42 Å². The van der Waals surface area contributed by atoms with Crippen molar-refractivity contribution in [3.05, 3.63) is 29.8 Å². The largest absolute Gasteiger partial charge is 0.481 e. The smallest absolute Gasteiger partial charge is 0.314 e. The molecule has 0 atom stereocenters. The minimum Gasteiger partial charge on any atom is -0.481 e. The number of aliphatic carboxylic acids is 1. The first-order valence-electron chi connectivity index (χ1n) is 7.55. The van der Waals surface area contributed by atoms with E-state index in [0.717, 1.165) is 19.3 Å². The molecule has 1 aromatic rings. The van der Waals surface area contributed by atoms with Gasteiger partial charge in [0, 0.05) is 0 Å². The molecule has 0 radical (unpaired) electrons. The molecular formula is C16H20O4S. The summed E-state index contributed by atoms with van der Waals surface area (Å²) in [6.45, 7) is 0. The molecule has 2 aliphatic carbocycles. The van der Waals surface area contributed by atoms with Gasteiger partial charge in [-0.2, -0.15) is 0 Å². The molecule has 0 aliphatic heterocycles. The molecule has 0 amide bonds. The fourth-order valence-electron chi connectivity index (χ4n) is 3.55. The van der Waals surface area contributed by atoms with Gasteiger partial charge in [0.1, 0.15) is 0 Å². The quantitative estimate of drug-likeness (QED) is 0.928. The Morgan fingerprint density at radius 1 is 1.10 bits per heavy atom. The Bertz CT molecular complexity index is 653. The van der Waals surface area contributed by atoms with Crippen LogP contribution in [0.3, 0.4) is 0 Å². The molecule has 0 spiro atoms. The van der Waals surface area contributed by atoms with Crippen molar-refractivity contribution in [1.82, 2.24) is 0 Å². The molecule has 1 aromatic carbocycles. The van der Waals surface area contributed by atoms with E-state index in [-0.39, 0.29) is 10.1 Å².